The van der Waals surface area contributed by atoms with Crippen molar-refractivity contribution in [1.82, 2.24) is 5.32 Å². The second-order valence-electron chi connectivity index (χ2n) is 8.30. The molecule has 116 valence electrons. The quantitative estimate of drug-likeness (QED) is 0.850. The Morgan fingerprint density at radius 3 is 2.76 bits per heavy atom. The Hall–Kier alpha value is -1.02. The predicted octanol–water partition coefficient (Wildman–Crippen LogP) is 4.11. The SMILES string of the molecule is CC(C)(CCc1ccc2c(c1)CC(C)(C)O2)CNC1CC1. The molecule has 2 nitrogen and oxygen atoms in total. The van der Waals surface area contributed by atoms with Crippen LogP contribution in [0.4, 0.5) is 0 Å². The summed E-state index contributed by atoms with van der Waals surface area (Å²) in [6.45, 7) is 10.2. The first-order chi connectivity index (χ1) is 9.83. The van der Waals surface area contributed by atoms with Gasteiger partial charge < -0.3 is 10.1 Å². The normalized spacial score (nSPS) is 20.2. The Morgan fingerprint density at radius 1 is 1.29 bits per heavy atom. The van der Waals surface area contributed by atoms with Crippen LogP contribution in [0.15, 0.2) is 18.2 Å². The third-order valence-corrected chi connectivity index (χ3v) is 4.66. The van der Waals surface area contributed by atoms with E-state index in [0.29, 0.717) is 5.41 Å². The van der Waals surface area contributed by atoms with E-state index in [1.807, 2.05) is 0 Å². The van der Waals surface area contributed by atoms with Crippen LogP contribution >= 0.6 is 0 Å². The lowest BCUT2D eigenvalue weighted by Crippen LogP contribution is -2.31. The van der Waals surface area contributed by atoms with Gasteiger partial charge in [-0.15, -0.1) is 0 Å². The van der Waals surface area contributed by atoms with Gasteiger partial charge in [-0.2, -0.15) is 0 Å². The van der Waals surface area contributed by atoms with Crippen LogP contribution in [-0.4, -0.2) is 18.2 Å². The number of benzene rings is 1. The van der Waals surface area contributed by atoms with Gasteiger partial charge in [-0.25, -0.2) is 0 Å². The second-order valence-corrected chi connectivity index (χ2v) is 8.30. The summed E-state index contributed by atoms with van der Waals surface area (Å²) >= 11 is 0. The van der Waals surface area contributed by atoms with Crippen molar-refractivity contribution in [2.75, 3.05) is 6.54 Å². The number of fused-ring (bicyclic) bond motifs is 1. The number of nitrogens with one attached hydrogen (secondary N) is 1. The van der Waals surface area contributed by atoms with Crippen LogP contribution in [0.1, 0.15) is 58.1 Å². The molecular weight excluding hydrogens is 258 g/mol. The topological polar surface area (TPSA) is 21.3 Å². The van der Waals surface area contributed by atoms with Gasteiger partial charge in [0.2, 0.25) is 0 Å². The van der Waals surface area contributed by atoms with E-state index in [0.717, 1.165) is 31.2 Å². The summed E-state index contributed by atoms with van der Waals surface area (Å²) in [5, 5.41) is 3.67. The minimum absolute atomic E-state index is 0.0333. The lowest BCUT2D eigenvalue weighted by molar-refractivity contribution is 0.138. The van der Waals surface area contributed by atoms with Gasteiger partial charge >= 0.3 is 0 Å². The third-order valence-electron chi connectivity index (χ3n) is 4.66. The number of hydrogen-bond donors (Lipinski definition) is 1. The average Bonchev–Trinajstić information content (AvgIpc) is 3.16. The molecule has 3 rings (SSSR count). The van der Waals surface area contributed by atoms with E-state index in [1.54, 1.807) is 0 Å². The fraction of sp³-hybridized carbons (Fsp3) is 0.684. The fourth-order valence-electron chi connectivity index (χ4n) is 3.10. The van der Waals surface area contributed by atoms with Crippen LogP contribution in [0.5, 0.6) is 5.75 Å². The predicted molar refractivity (Wildman–Crippen MR) is 88.0 cm³/mol. The molecule has 1 aliphatic carbocycles. The van der Waals surface area contributed by atoms with Gasteiger partial charge in [0.15, 0.2) is 0 Å². The highest BCUT2D eigenvalue weighted by atomic mass is 16.5. The van der Waals surface area contributed by atoms with E-state index < -0.39 is 0 Å². The second kappa shape index (κ2) is 5.31. The zero-order valence-corrected chi connectivity index (χ0v) is 14.0. The first-order valence-corrected chi connectivity index (χ1v) is 8.37. The van der Waals surface area contributed by atoms with Gasteiger partial charge in [0.25, 0.3) is 0 Å². The smallest absolute Gasteiger partial charge is 0.123 e. The summed E-state index contributed by atoms with van der Waals surface area (Å²) in [6, 6.07) is 7.57. The van der Waals surface area contributed by atoms with Gasteiger partial charge in [0.1, 0.15) is 11.4 Å². The van der Waals surface area contributed by atoms with Gasteiger partial charge in [0, 0.05) is 19.0 Å². The van der Waals surface area contributed by atoms with Crippen molar-refractivity contribution in [3.8, 4) is 5.75 Å². The number of hydrogen-bond acceptors (Lipinski definition) is 2. The molecule has 21 heavy (non-hydrogen) atoms. The molecule has 0 radical (unpaired) electrons. The number of aryl methyl sites for hydroxylation is 1. The Labute approximate surface area is 129 Å². The highest BCUT2D eigenvalue weighted by Gasteiger charge is 2.30. The maximum absolute atomic E-state index is 5.96. The molecule has 1 aromatic carbocycles. The van der Waals surface area contributed by atoms with Gasteiger partial charge in [-0.05, 0) is 62.1 Å². The van der Waals surface area contributed by atoms with Gasteiger partial charge in [-0.3, -0.25) is 0 Å². The van der Waals surface area contributed by atoms with Gasteiger partial charge in [0.05, 0.1) is 0 Å². The van der Waals surface area contributed by atoms with Crippen molar-refractivity contribution in [1.29, 1.82) is 0 Å². The summed E-state index contributed by atoms with van der Waals surface area (Å²) < 4.78 is 5.96. The van der Waals surface area contributed by atoms with Gasteiger partial charge in [-0.1, -0.05) is 26.0 Å². The van der Waals surface area contributed by atoms with E-state index in [4.69, 9.17) is 4.74 Å². The highest BCUT2D eigenvalue weighted by molar-refractivity contribution is 5.41. The summed E-state index contributed by atoms with van der Waals surface area (Å²) in [5.41, 5.74) is 3.17. The van der Waals surface area contributed by atoms with E-state index in [1.165, 1.54) is 30.4 Å². The van der Waals surface area contributed by atoms with Crippen molar-refractivity contribution < 1.29 is 4.74 Å². The molecule has 0 aromatic heterocycles. The largest absolute Gasteiger partial charge is 0.487 e. The third kappa shape index (κ3) is 4.00. The molecule has 2 aliphatic rings. The van der Waals surface area contributed by atoms with E-state index in [9.17, 15) is 0 Å². The van der Waals surface area contributed by atoms with Crippen LogP contribution in [0.2, 0.25) is 0 Å². The standard InChI is InChI=1S/C19H29NO/c1-18(2,13-20-16-6-7-16)10-9-14-5-8-17-15(11-14)12-19(3,4)21-17/h5,8,11,16,20H,6-7,9-10,12-13H2,1-4H3. The molecule has 0 bridgehead atoms. The van der Waals surface area contributed by atoms with Crippen molar-refractivity contribution >= 4 is 0 Å². The molecule has 2 heteroatoms. The van der Waals surface area contributed by atoms with Crippen molar-refractivity contribution in [2.45, 2.75) is 71.4 Å². The van der Waals surface area contributed by atoms with Crippen molar-refractivity contribution in [3.05, 3.63) is 29.3 Å². The lowest BCUT2D eigenvalue weighted by Gasteiger charge is -2.25. The molecule has 0 saturated heterocycles. The van der Waals surface area contributed by atoms with Crippen LogP contribution in [0.25, 0.3) is 0 Å². The molecule has 1 aliphatic heterocycles. The fourth-order valence-corrected chi connectivity index (χ4v) is 3.10. The number of rotatable bonds is 6. The Balaban J connectivity index is 1.56. The molecule has 0 unspecified atom stereocenters. The minimum Gasteiger partial charge on any atom is -0.487 e. The molecule has 0 amide bonds. The number of ether oxygens (including phenoxy) is 1. The lowest BCUT2D eigenvalue weighted by atomic mass is 9.85. The summed E-state index contributed by atoms with van der Waals surface area (Å²) in [5.74, 6) is 1.08. The molecular formula is C19H29NO. The molecule has 1 heterocycles. The monoisotopic (exact) mass is 287 g/mol. The summed E-state index contributed by atoms with van der Waals surface area (Å²) in [4.78, 5) is 0. The molecule has 0 spiro atoms. The maximum Gasteiger partial charge on any atom is 0.123 e. The van der Waals surface area contributed by atoms with Crippen molar-refractivity contribution in [2.24, 2.45) is 5.41 Å². The average molecular weight is 287 g/mol. The molecule has 1 N–H and O–H groups in total. The molecule has 1 saturated carbocycles. The van der Waals surface area contributed by atoms with Crippen LogP contribution < -0.4 is 10.1 Å². The van der Waals surface area contributed by atoms with Crippen molar-refractivity contribution in [3.63, 3.8) is 0 Å². The Morgan fingerprint density at radius 2 is 2.05 bits per heavy atom. The molecule has 0 atom stereocenters. The zero-order chi connectivity index (χ0) is 15.1. The summed E-state index contributed by atoms with van der Waals surface area (Å²) in [6.07, 6.45) is 6.17. The Kier molecular flexibility index (Phi) is 3.77. The first kappa shape index (κ1) is 14.9. The Bertz CT molecular complexity index is 514. The van der Waals surface area contributed by atoms with Crippen LogP contribution in [0, 0.1) is 5.41 Å². The first-order valence-electron chi connectivity index (χ1n) is 8.37. The maximum atomic E-state index is 5.96. The summed E-state index contributed by atoms with van der Waals surface area (Å²) in [7, 11) is 0. The molecule has 1 aromatic rings. The molecule has 1 fully saturated rings. The van der Waals surface area contributed by atoms with E-state index >= 15 is 0 Å². The zero-order valence-electron chi connectivity index (χ0n) is 14.0. The highest BCUT2D eigenvalue weighted by Crippen LogP contribution is 2.36. The van der Waals surface area contributed by atoms with Crippen LogP contribution in [-0.2, 0) is 12.8 Å². The van der Waals surface area contributed by atoms with E-state index in [2.05, 4.69) is 51.2 Å². The van der Waals surface area contributed by atoms with Crippen LogP contribution in [0.3, 0.4) is 0 Å². The minimum atomic E-state index is -0.0333. The van der Waals surface area contributed by atoms with E-state index in [-0.39, 0.29) is 5.60 Å².